The van der Waals surface area contributed by atoms with Gasteiger partial charge in [0.25, 0.3) is 6.43 Å². The standard InChI is InChI=1S/C13H17F5N2O/c1-19-7-9-2-3-11(10(6-9)13(16,17)18)20(4-5-21)8-12(14)15/h2-3,6,12,19,21H,4-5,7-8H2,1H3. The predicted molar refractivity (Wildman–Crippen MR) is 69.5 cm³/mol. The Morgan fingerprint density at radius 2 is 1.95 bits per heavy atom. The summed E-state index contributed by atoms with van der Waals surface area (Å²) in [7, 11) is 1.59. The first-order chi connectivity index (χ1) is 9.79. The van der Waals surface area contributed by atoms with E-state index in [0.29, 0.717) is 5.56 Å². The summed E-state index contributed by atoms with van der Waals surface area (Å²) < 4.78 is 64.3. The summed E-state index contributed by atoms with van der Waals surface area (Å²) in [5.74, 6) is 0. The second-order valence-electron chi connectivity index (χ2n) is 4.44. The van der Waals surface area contributed by atoms with Crippen LogP contribution in [0.15, 0.2) is 18.2 Å². The average Bonchev–Trinajstić information content (AvgIpc) is 2.37. The molecule has 0 amide bonds. The maximum absolute atomic E-state index is 13.1. The van der Waals surface area contributed by atoms with Crippen molar-refractivity contribution in [1.82, 2.24) is 5.32 Å². The lowest BCUT2D eigenvalue weighted by molar-refractivity contribution is -0.137. The lowest BCUT2D eigenvalue weighted by atomic mass is 10.1. The molecule has 120 valence electrons. The van der Waals surface area contributed by atoms with E-state index in [-0.39, 0.29) is 18.8 Å². The van der Waals surface area contributed by atoms with Crippen molar-refractivity contribution in [3.8, 4) is 0 Å². The lowest BCUT2D eigenvalue weighted by Gasteiger charge is -2.27. The quantitative estimate of drug-likeness (QED) is 0.759. The van der Waals surface area contributed by atoms with Crippen molar-refractivity contribution in [2.75, 3.05) is 31.6 Å². The molecule has 0 spiro atoms. The number of hydrogen-bond donors (Lipinski definition) is 2. The zero-order valence-electron chi connectivity index (χ0n) is 11.4. The first-order valence-corrected chi connectivity index (χ1v) is 6.28. The molecule has 3 nitrogen and oxygen atoms in total. The van der Waals surface area contributed by atoms with Gasteiger partial charge in [-0.15, -0.1) is 0 Å². The first kappa shape index (κ1) is 17.6. The van der Waals surface area contributed by atoms with Crippen LogP contribution in [0, 0.1) is 0 Å². The Morgan fingerprint density at radius 1 is 1.29 bits per heavy atom. The van der Waals surface area contributed by atoms with Gasteiger partial charge in [0.15, 0.2) is 0 Å². The molecular weight excluding hydrogens is 295 g/mol. The summed E-state index contributed by atoms with van der Waals surface area (Å²) >= 11 is 0. The molecule has 0 saturated heterocycles. The number of aliphatic hydroxyl groups excluding tert-OH is 1. The van der Waals surface area contributed by atoms with Crippen LogP contribution in [-0.2, 0) is 12.7 Å². The van der Waals surface area contributed by atoms with E-state index in [1.165, 1.54) is 6.07 Å². The highest BCUT2D eigenvalue weighted by Gasteiger charge is 2.35. The zero-order chi connectivity index (χ0) is 16.0. The number of halogens is 5. The van der Waals surface area contributed by atoms with Gasteiger partial charge in [0, 0.05) is 18.8 Å². The summed E-state index contributed by atoms with van der Waals surface area (Å²) in [6.45, 7) is -1.44. The minimum Gasteiger partial charge on any atom is -0.395 e. The molecule has 21 heavy (non-hydrogen) atoms. The molecule has 1 aromatic rings. The Balaban J connectivity index is 3.24. The molecule has 1 aromatic carbocycles. The van der Waals surface area contributed by atoms with Gasteiger partial charge < -0.3 is 15.3 Å². The first-order valence-electron chi connectivity index (χ1n) is 6.28. The van der Waals surface area contributed by atoms with Crippen LogP contribution >= 0.6 is 0 Å². The molecule has 0 aliphatic rings. The number of aliphatic hydroxyl groups is 1. The van der Waals surface area contributed by atoms with Crippen LogP contribution in [0.5, 0.6) is 0 Å². The third-order valence-electron chi connectivity index (χ3n) is 2.82. The summed E-state index contributed by atoms with van der Waals surface area (Å²) in [6, 6.07) is 3.53. The number of alkyl halides is 5. The molecule has 0 atom stereocenters. The van der Waals surface area contributed by atoms with Gasteiger partial charge in [0.2, 0.25) is 0 Å². The minimum absolute atomic E-state index is 0.234. The van der Waals surface area contributed by atoms with Gasteiger partial charge in [-0.25, -0.2) is 8.78 Å². The van der Waals surface area contributed by atoms with Crippen molar-refractivity contribution in [3.63, 3.8) is 0 Å². The van der Waals surface area contributed by atoms with Crippen LogP contribution in [0.3, 0.4) is 0 Å². The number of hydrogen-bond acceptors (Lipinski definition) is 3. The number of nitrogens with zero attached hydrogens (tertiary/aromatic N) is 1. The van der Waals surface area contributed by atoms with Crippen LogP contribution in [0.2, 0.25) is 0 Å². The second kappa shape index (κ2) is 7.56. The van der Waals surface area contributed by atoms with Crippen LogP contribution in [0.4, 0.5) is 27.6 Å². The summed E-state index contributed by atoms with van der Waals surface area (Å²) in [5.41, 5.74) is -0.935. The van der Waals surface area contributed by atoms with Crippen LogP contribution in [-0.4, -0.2) is 38.3 Å². The Bertz CT molecular complexity index is 451. The smallest absolute Gasteiger partial charge is 0.395 e. The monoisotopic (exact) mass is 312 g/mol. The summed E-state index contributed by atoms with van der Waals surface area (Å²) in [5, 5.41) is 11.6. The van der Waals surface area contributed by atoms with Crippen molar-refractivity contribution in [1.29, 1.82) is 0 Å². The summed E-state index contributed by atoms with van der Waals surface area (Å²) in [6.07, 6.45) is -7.45. The van der Waals surface area contributed by atoms with Crippen LogP contribution in [0.25, 0.3) is 0 Å². The summed E-state index contributed by atoms with van der Waals surface area (Å²) in [4.78, 5) is 0.844. The fraction of sp³-hybridized carbons (Fsp3) is 0.538. The van der Waals surface area contributed by atoms with E-state index in [4.69, 9.17) is 5.11 Å². The molecule has 0 bridgehead atoms. The van der Waals surface area contributed by atoms with E-state index in [2.05, 4.69) is 5.32 Å². The Kier molecular flexibility index (Phi) is 6.35. The van der Waals surface area contributed by atoms with Gasteiger partial charge >= 0.3 is 6.18 Å². The SMILES string of the molecule is CNCc1ccc(N(CCO)CC(F)F)c(C(F)(F)F)c1. The van der Waals surface area contributed by atoms with Crippen molar-refractivity contribution in [2.24, 2.45) is 0 Å². The fourth-order valence-corrected chi connectivity index (χ4v) is 2.00. The fourth-order valence-electron chi connectivity index (χ4n) is 2.00. The highest BCUT2D eigenvalue weighted by Crippen LogP contribution is 2.37. The van der Waals surface area contributed by atoms with Gasteiger partial charge in [0.1, 0.15) is 0 Å². The maximum Gasteiger partial charge on any atom is 0.418 e. The highest BCUT2D eigenvalue weighted by atomic mass is 19.4. The highest BCUT2D eigenvalue weighted by molar-refractivity contribution is 5.56. The van der Waals surface area contributed by atoms with Crippen molar-refractivity contribution < 1.29 is 27.1 Å². The van der Waals surface area contributed by atoms with Crippen LogP contribution < -0.4 is 10.2 Å². The molecule has 0 aromatic heterocycles. The molecule has 0 unspecified atom stereocenters. The molecule has 0 aliphatic heterocycles. The van der Waals surface area contributed by atoms with E-state index in [1.807, 2.05) is 0 Å². The Hall–Kier alpha value is -1.41. The number of nitrogens with one attached hydrogen (secondary N) is 1. The van der Waals surface area contributed by atoms with Crippen molar-refractivity contribution >= 4 is 5.69 Å². The van der Waals surface area contributed by atoms with Crippen LogP contribution in [0.1, 0.15) is 11.1 Å². The largest absolute Gasteiger partial charge is 0.418 e. The number of anilines is 1. The molecule has 0 saturated carbocycles. The molecule has 8 heteroatoms. The van der Waals surface area contributed by atoms with Gasteiger partial charge in [0.05, 0.1) is 18.7 Å². The van der Waals surface area contributed by atoms with Crippen molar-refractivity contribution in [2.45, 2.75) is 19.1 Å². The van der Waals surface area contributed by atoms with E-state index in [1.54, 1.807) is 7.05 Å². The molecule has 0 fully saturated rings. The maximum atomic E-state index is 13.1. The van der Waals surface area contributed by atoms with E-state index in [0.717, 1.165) is 17.0 Å². The average molecular weight is 312 g/mol. The predicted octanol–water partition coefficient (Wildman–Crippen LogP) is 2.49. The normalized spacial score (nSPS) is 12.0. The molecule has 0 heterocycles. The Labute approximate surface area is 119 Å². The molecular formula is C13H17F5N2O. The van der Waals surface area contributed by atoms with Gasteiger partial charge in [-0.05, 0) is 24.7 Å². The molecule has 2 N–H and O–H groups in total. The third kappa shape index (κ3) is 5.13. The molecule has 0 aliphatic carbocycles. The minimum atomic E-state index is -4.66. The Morgan fingerprint density at radius 3 is 2.43 bits per heavy atom. The third-order valence-corrected chi connectivity index (χ3v) is 2.82. The van der Waals surface area contributed by atoms with Gasteiger partial charge in [-0.1, -0.05) is 6.07 Å². The van der Waals surface area contributed by atoms with E-state index >= 15 is 0 Å². The lowest BCUT2D eigenvalue weighted by Crippen LogP contribution is -2.33. The van der Waals surface area contributed by atoms with Gasteiger partial charge in [-0.2, -0.15) is 13.2 Å². The topological polar surface area (TPSA) is 35.5 Å². The molecule has 1 rings (SSSR count). The zero-order valence-corrected chi connectivity index (χ0v) is 11.4. The van der Waals surface area contributed by atoms with E-state index in [9.17, 15) is 22.0 Å². The second-order valence-corrected chi connectivity index (χ2v) is 4.44. The van der Waals surface area contributed by atoms with E-state index < -0.39 is 31.3 Å². The van der Waals surface area contributed by atoms with Crippen molar-refractivity contribution in [3.05, 3.63) is 29.3 Å². The number of rotatable bonds is 7. The number of benzene rings is 1. The van der Waals surface area contributed by atoms with Gasteiger partial charge in [-0.3, -0.25) is 0 Å². The molecule has 0 radical (unpaired) electrons.